The van der Waals surface area contributed by atoms with Gasteiger partial charge in [-0.05, 0) is 36.1 Å². The lowest BCUT2D eigenvalue weighted by Crippen LogP contribution is -2.50. The lowest BCUT2D eigenvalue weighted by Gasteiger charge is -2.35. The average molecular weight is 436 g/mol. The van der Waals surface area contributed by atoms with Crippen molar-refractivity contribution in [3.05, 3.63) is 66.0 Å². The molecule has 0 radical (unpaired) electrons. The third kappa shape index (κ3) is 5.50. The van der Waals surface area contributed by atoms with Gasteiger partial charge < -0.3 is 10.2 Å². The van der Waals surface area contributed by atoms with Crippen LogP contribution in [-0.2, 0) is 22.4 Å². The molecule has 2 aliphatic heterocycles. The number of aromatic nitrogens is 1. The Morgan fingerprint density at radius 2 is 1.56 bits per heavy atom. The number of benzene rings is 1. The van der Waals surface area contributed by atoms with Crippen molar-refractivity contribution in [3.8, 4) is 0 Å². The number of pyridine rings is 1. The molecule has 32 heavy (non-hydrogen) atoms. The molecular formula is C24H29N5O3. The zero-order valence-electron chi connectivity index (χ0n) is 18.2. The van der Waals surface area contributed by atoms with Crippen LogP contribution in [0.3, 0.4) is 0 Å². The first kappa shape index (κ1) is 22.0. The van der Waals surface area contributed by atoms with E-state index in [1.165, 1.54) is 10.5 Å². The lowest BCUT2D eigenvalue weighted by atomic mass is 10.1. The molecule has 168 valence electrons. The second-order valence-electron chi connectivity index (χ2n) is 8.26. The van der Waals surface area contributed by atoms with Crippen LogP contribution >= 0.6 is 0 Å². The number of hydrogen-bond acceptors (Lipinski definition) is 5. The highest BCUT2D eigenvalue weighted by Gasteiger charge is 2.39. The number of amides is 4. The SMILES string of the molecule is O=C(C[C@@H]1NC(=O)N(CCc2ccccc2)C1=O)N1CCN(CCc2ccncc2)CC1. The zero-order chi connectivity index (χ0) is 22.3. The smallest absolute Gasteiger partial charge is 0.324 e. The van der Waals surface area contributed by atoms with Crippen molar-refractivity contribution in [1.29, 1.82) is 0 Å². The predicted molar refractivity (Wildman–Crippen MR) is 120 cm³/mol. The summed E-state index contributed by atoms with van der Waals surface area (Å²) in [6.45, 7) is 4.16. The number of hydrogen-bond donors (Lipinski definition) is 1. The summed E-state index contributed by atoms with van der Waals surface area (Å²) in [7, 11) is 0. The Balaban J connectivity index is 1.21. The molecule has 1 aromatic carbocycles. The maximum absolute atomic E-state index is 12.8. The molecule has 2 fully saturated rings. The minimum atomic E-state index is -0.768. The van der Waals surface area contributed by atoms with E-state index in [2.05, 4.69) is 15.2 Å². The topological polar surface area (TPSA) is 85.8 Å². The Bertz CT molecular complexity index is 929. The Hall–Kier alpha value is -3.26. The third-order valence-electron chi connectivity index (χ3n) is 6.14. The van der Waals surface area contributed by atoms with Gasteiger partial charge in [0, 0.05) is 51.7 Å². The van der Waals surface area contributed by atoms with Gasteiger partial charge in [0.05, 0.1) is 6.42 Å². The van der Waals surface area contributed by atoms with Gasteiger partial charge in [0.15, 0.2) is 0 Å². The van der Waals surface area contributed by atoms with Crippen LogP contribution < -0.4 is 5.32 Å². The van der Waals surface area contributed by atoms with Gasteiger partial charge in [0.1, 0.15) is 6.04 Å². The van der Waals surface area contributed by atoms with Crippen molar-refractivity contribution >= 4 is 17.8 Å². The lowest BCUT2D eigenvalue weighted by molar-refractivity contribution is -0.137. The highest BCUT2D eigenvalue weighted by molar-refractivity contribution is 6.05. The van der Waals surface area contributed by atoms with Gasteiger partial charge in [0.2, 0.25) is 5.91 Å². The van der Waals surface area contributed by atoms with Gasteiger partial charge in [-0.3, -0.25) is 24.4 Å². The molecule has 0 unspecified atom stereocenters. The van der Waals surface area contributed by atoms with E-state index in [9.17, 15) is 14.4 Å². The minimum absolute atomic E-state index is 0.0173. The molecule has 0 aliphatic carbocycles. The maximum atomic E-state index is 12.8. The summed E-state index contributed by atoms with van der Waals surface area (Å²) in [4.78, 5) is 47.1. The van der Waals surface area contributed by atoms with Crippen molar-refractivity contribution in [2.24, 2.45) is 0 Å². The Kier molecular flexibility index (Phi) is 7.11. The Labute approximate surface area is 188 Å². The number of nitrogens with zero attached hydrogens (tertiary/aromatic N) is 4. The van der Waals surface area contributed by atoms with Crippen molar-refractivity contribution in [3.63, 3.8) is 0 Å². The van der Waals surface area contributed by atoms with E-state index >= 15 is 0 Å². The highest BCUT2D eigenvalue weighted by atomic mass is 16.2. The van der Waals surface area contributed by atoms with E-state index in [1.54, 1.807) is 17.3 Å². The van der Waals surface area contributed by atoms with E-state index in [1.807, 2.05) is 42.5 Å². The van der Waals surface area contributed by atoms with E-state index in [0.29, 0.717) is 26.1 Å². The Morgan fingerprint density at radius 3 is 2.28 bits per heavy atom. The molecule has 8 heteroatoms. The number of urea groups is 1. The van der Waals surface area contributed by atoms with Crippen LogP contribution in [0.25, 0.3) is 0 Å². The van der Waals surface area contributed by atoms with Gasteiger partial charge in [-0.1, -0.05) is 30.3 Å². The largest absolute Gasteiger partial charge is 0.340 e. The van der Waals surface area contributed by atoms with Crippen LogP contribution in [0.1, 0.15) is 17.5 Å². The molecule has 1 N–H and O–H groups in total. The highest BCUT2D eigenvalue weighted by Crippen LogP contribution is 2.14. The number of carbonyl (C=O) groups excluding carboxylic acids is 3. The molecule has 1 atom stereocenters. The minimum Gasteiger partial charge on any atom is -0.340 e. The first-order chi connectivity index (χ1) is 15.6. The molecule has 0 bridgehead atoms. The quantitative estimate of drug-likeness (QED) is 0.632. The van der Waals surface area contributed by atoms with Gasteiger partial charge >= 0.3 is 6.03 Å². The molecule has 0 spiro atoms. The van der Waals surface area contributed by atoms with Gasteiger partial charge in [-0.15, -0.1) is 0 Å². The molecule has 2 aromatic rings. The monoisotopic (exact) mass is 435 g/mol. The zero-order valence-corrected chi connectivity index (χ0v) is 18.2. The fourth-order valence-electron chi connectivity index (χ4n) is 4.17. The van der Waals surface area contributed by atoms with Crippen LogP contribution in [0.4, 0.5) is 4.79 Å². The first-order valence-corrected chi connectivity index (χ1v) is 11.1. The molecule has 1 aromatic heterocycles. The standard InChI is InChI=1S/C24H29N5O3/c30-22(28-16-14-27(15-17-28)12-8-20-6-10-25-11-7-20)18-21-23(31)29(24(32)26-21)13-9-19-4-2-1-3-5-19/h1-7,10-11,21H,8-9,12-18H2,(H,26,32)/t21-/m0/s1. The van der Waals surface area contributed by atoms with E-state index < -0.39 is 12.1 Å². The second kappa shape index (κ2) is 10.4. The number of imide groups is 1. The molecule has 2 aliphatic rings. The summed E-state index contributed by atoms with van der Waals surface area (Å²) >= 11 is 0. The van der Waals surface area contributed by atoms with E-state index in [0.717, 1.165) is 31.6 Å². The average Bonchev–Trinajstić information content (AvgIpc) is 3.10. The molecule has 0 saturated carbocycles. The third-order valence-corrected chi connectivity index (χ3v) is 6.14. The summed E-state index contributed by atoms with van der Waals surface area (Å²) in [5.41, 5.74) is 2.32. The van der Waals surface area contributed by atoms with Crippen molar-refractivity contribution in [1.82, 2.24) is 25.0 Å². The molecule has 4 rings (SSSR count). The number of carbonyl (C=O) groups is 3. The fourth-order valence-corrected chi connectivity index (χ4v) is 4.17. The van der Waals surface area contributed by atoms with Gasteiger partial charge in [-0.2, -0.15) is 0 Å². The molecule has 4 amide bonds. The normalized spacial score (nSPS) is 19.3. The van der Waals surface area contributed by atoms with Gasteiger partial charge in [0.25, 0.3) is 5.91 Å². The summed E-state index contributed by atoms with van der Waals surface area (Å²) in [6, 6.07) is 12.6. The summed E-state index contributed by atoms with van der Waals surface area (Å²) in [5.74, 6) is -0.391. The summed E-state index contributed by atoms with van der Waals surface area (Å²) in [6.07, 6.45) is 5.18. The van der Waals surface area contributed by atoms with Crippen LogP contribution in [0.5, 0.6) is 0 Å². The number of rotatable bonds is 8. The molecule has 3 heterocycles. The fraction of sp³-hybridized carbons (Fsp3) is 0.417. The van der Waals surface area contributed by atoms with Crippen molar-refractivity contribution in [2.75, 3.05) is 39.3 Å². The predicted octanol–water partition coefficient (Wildman–Crippen LogP) is 1.32. The Morgan fingerprint density at radius 1 is 0.906 bits per heavy atom. The molecular weight excluding hydrogens is 406 g/mol. The van der Waals surface area contributed by atoms with Crippen LogP contribution in [0.2, 0.25) is 0 Å². The summed E-state index contributed by atoms with van der Waals surface area (Å²) in [5, 5.41) is 2.68. The van der Waals surface area contributed by atoms with Crippen molar-refractivity contribution < 1.29 is 14.4 Å². The van der Waals surface area contributed by atoms with E-state index in [-0.39, 0.29) is 18.2 Å². The molecule has 8 nitrogen and oxygen atoms in total. The van der Waals surface area contributed by atoms with Crippen LogP contribution in [0, 0.1) is 0 Å². The van der Waals surface area contributed by atoms with Crippen molar-refractivity contribution in [2.45, 2.75) is 25.3 Å². The molecule has 2 saturated heterocycles. The second-order valence-corrected chi connectivity index (χ2v) is 8.26. The summed E-state index contributed by atoms with van der Waals surface area (Å²) < 4.78 is 0. The van der Waals surface area contributed by atoms with Gasteiger partial charge in [-0.25, -0.2) is 4.79 Å². The first-order valence-electron chi connectivity index (χ1n) is 11.1. The number of nitrogens with one attached hydrogen (secondary N) is 1. The number of piperazine rings is 1. The van der Waals surface area contributed by atoms with Crippen LogP contribution in [-0.4, -0.2) is 82.8 Å². The van der Waals surface area contributed by atoms with E-state index in [4.69, 9.17) is 0 Å². The maximum Gasteiger partial charge on any atom is 0.324 e. The van der Waals surface area contributed by atoms with Crippen LogP contribution in [0.15, 0.2) is 54.9 Å².